The molecule has 4 heteroatoms. The Bertz CT molecular complexity index is 494. The van der Waals surface area contributed by atoms with Crippen molar-refractivity contribution in [2.24, 2.45) is 0 Å². The topological polar surface area (TPSA) is 50.1 Å². The van der Waals surface area contributed by atoms with E-state index in [1.807, 2.05) is 25.1 Å². The number of benzene rings is 1. The number of allylic oxidation sites excluding steroid dienone is 1. The lowest BCUT2D eigenvalue weighted by molar-refractivity contribution is 0.106. The fourth-order valence-electron chi connectivity index (χ4n) is 1.57. The van der Waals surface area contributed by atoms with E-state index in [-0.39, 0.29) is 11.5 Å². The Morgan fingerprint density at radius 3 is 2.71 bits per heavy atom. The molecule has 1 aliphatic rings. The van der Waals surface area contributed by atoms with Gasteiger partial charge in [0.1, 0.15) is 5.71 Å². The van der Waals surface area contributed by atoms with E-state index in [9.17, 15) is 4.79 Å². The van der Waals surface area contributed by atoms with E-state index in [0.29, 0.717) is 12.2 Å². The molecule has 0 radical (unpaired) electrons. The molecule has 0 saturated heterocycles. The zero-order chi connectivity index (χ0) is 12.3. The molecule has 0 atom stereocenters. The van der Waals surface area contributed by atoms with Crippen LogP contribution in [0.25, 0.3) is 4.91 Å². The number of ketones is 1. The second-order valence-electron chi connectivity index (χ2n) is 3.70. The molecule has 0 unspecified atom stereocenters. The first kappa shape index (κ1) is 12.1. The molecule has 1 aromatic carbocycles. The number of fused-ring (bicyclic) bond motifs is 1. The molecule has 0 aliphatic heterocycles. The molecule has 2 rings (SSSR count). The number of Topliss-reactive ketones (excluding diaryl/α,β-unsaturated/α-hetero) is 1. The zero-order valence-electron chi connectivity index (χ0n) is 9.53. The first-order chi connectivity index (χ1) is 8.24. The van der Waals surface area contributed by atoms with Gasteiger partial charge >= 0.3 is 0 Å². The Labute approximate surface area is 105 Å². The number of nitrogens with one attached hydrogen (secondary N) is 1. The highest BCUT2D eigenvalue weighted by Crippen LogP contribution is 2.34. The third-order valence-corrected chi connectivity index (χ3v) is 3.20. The second kappa shape index (κ2) is 5.29. The average Bonchev–Trinajstić information content (AvgIpc) is 2.36. The highest BCUT2D eigenvalue weighted by atomic mass is 32.2. The van der Waals surface area contributed by atoms with Crippen molar-refractivity contribution < 1.29 is 8.98 Å². The summed E-state index contributed by atoms with van der Waals surface area (Å²) in [6.07, 6.45) is 2.52. The van der Waals surface area contributed by atoms with Crippen LogP contribution in [0.1, 0.15) is 29.3 Å². The SMILES string of the molecule is CCCOSC1=CC(=N)C(=O)c2ccccc21. The van der Waals surface area contributed by atoms with Gasteiger partial charge in [-0.1, -0.05) is 31.2 Å². The first-order valence-electron chi connectivity index (χ1n) is 5.48. The summed E-state index contributed by atoms with van der Waals surface area (Å²) in [5.41, 5.74) is 1.46. The molecule has 0 fully saturated rings. The van der Waals surface area contributed by atoms with Crippen molar-refractivity contribution >= 4 is 28.4 Å². The molecule has 0 amide bonds. The van der Waals surface area contributed by atoms with Crippen molar-refractivity contribution in [3.05, 3.63) is 41.5 Å². The minimum atomic E-state index is -0.222. The Balaban J connectivity index is 2.29. The largest absolute Gasteiger partial charge is 0.310 e. The lowest BCUT2D eigenvalue weighted by atomic mass is 9.95. The molecular formula is C13H13NO2S. The molecule has 88 valence electrons. The van der Waals surface area contributed by atoms with E-state index in [2.05, 4.69) is 0 Å². The van der Waals surface area contributed by atoms with Gasteiger partial charge in [-0.2, -0.15) is 0 Å². The maximum atomic E-state index is 11.8. The summed E-state index contributed by atoms with van der Waals surface area (Å²) in [6.45, 7) is 2.70. The van der Waals surface area contributed by atoms with E-state index in [0.717, 1.165) is 16.9 Å². The first-order valence-corrected chi connectivity index (χ1v) is 6.22. The normalized spacial score (nSPS) is 14.5. The molecule has 0 spiro atoms. The molecule has 0 saturated carbocycles. The van der Waals surface area contributed by atoms with Crippen LogP contribution in [0, 0.1) is 5.41 Å². The second-order valence-corrected chi connectivity index (χ2v) is 4.54. The summed E-state index contributed by atoms with van der Waals surface area (Å²) < 4.78 is 5.40. The van der Waals surface area contributed by atoms with Crippen molar-refractivity contribution in [1.29, 1.82) is 5.41 Å². The van der Waals surface area contributed by atoms with Crippen LogP contribution in [0.2, 0.25) is 0 Å². The van der Waals surface area contributed by atoms with Crippen molar-refractivity contribution in [3.8, 4) is 0 Å². The van der Waals surface area contributed by atoms with E-state index in [1.165, 1.54) is 12.0 Å². The van der Waals surface area contributed by atoms with E-state index in [4.69, 9.17) is 9.59 Å². The number of rotatable bonds is 4. The molecule has 1 aromatic rings. The maximum Gasteiger partial charge on any atom is 0.211 e. The molecule has 0 bridgehead atoms. The minimum absolute atomic E-state index is 0.0197. The highest BCUT2D eigenvalue weighted by Gasteiger charge is 2.23. The molecular weight excluding hydrogens is 234 g/mol. The van der Waals surface area contributed by atoms with Gasteiger partial charge in [-0.05, 0) is 12.5 Å². The summed E-state index contributed by atoms with van der Waals surface area (Å²) in [5, 5.41) is 7.64. The summed E-state index contributed by atoms with van der Waals surface area (Å²) in [7, 11) is 0. The summed E-state index contributed by atoms with van der Waals surface area (Å²) in [6, 6.07) is 7.33. The molecule has 1 aliphatic carbocycles. The van der Waals surface area contributed by atoms with E-state index in [1.54, 1.807) is 12.1 Å². The lowest BCUT2D eigenvalue weighted by Crippen LogP contribution is -2.17. The molecule has 3 nitrogen and oxygen atoms in total. The number of carbonyl (C=O) groups excluding carboxylic acids is 1. The Morgan fingerprint density at radius 2 is 2.00 bits per heavy atom. The third-order valence-electron chi connectivity index (χ3n) is 2.39. The van der Waals surface area contributed by atoms with Crippen LogP contribution in [0.15, 0.2) is 30.3 Å². The van der Waals surface area contributed by atoms with Crippen LogP contribution < -0.4 is 0 Å². The average molecular weight is 247 g/mol. The van der Waals surface area contributed by atoms with Crippen molar-refractivity contribution in [3.63, 3.8) is 0 Å². The molecule has 0 heterocycles. The smallest absolute Gasteiger partial charge is 0.211 e. The predicted molar refractivity (Wildman–Crippen MR) is 70.3 cm³/mol. The van der Waals surface area contributed by atoms with Gasteiger partial charge in [-0.25, -0.2) is 0 Å². The minimum Gasteiger partial charge on any atom is -0.310 e. The van der Waals surface area contributed by atoms with Gasteiger partial charge in [-0.3, -0.25) is 10.2 Å². The van der Waals surface area contributed by atoms with Crippen molar-refractivity contribution in [2.75, 3.05) is 6.61 Å². The standard InChI is InChI=1S/C13H13NO2S/c1-2-7-16-17-12-8-11(14)13(15)10-6-4-3-5-9(10)12/h3-6,8,14H,2,7H2,1H3. The van der Waals surface area contributed by atoms with Gasteiger partial charge < -0.3 is 4.18 Å². The van der Waals surface area contributed by atoms with Crippen LogP contribution >= 0.6 is 12.0 Å². The van der Waals surface area contributed by atoms with Crippen LogP contribution in [0.4, 0.5) is 0 Å². The molecule has 1 N–H and O–H groups in total. The zero-order valence-corrected chi connectivity index (χ0v) is 10.3. The fourth-order valence-corrected chi connectivity index (χ4v) is 2.38. The van der Waals surface area contributed by atoms with Gasteiger partial charge in [0.25, 0.3) is 0 Å². The monoisotopic (exact) mass is 247 g/mol. The van der Waals surface area contributed by atoms with Gasteiger partial charge in [0.2, 0.25) is 5.78 Å². The van der Waals surface area contributed by atoms with Gasteiger partial charge in [-0.15, -0.1) is 0 Å². The Morgan fingerprint density at radius 1 is 1.29 bits per heavy atom. The fraction of sp³-hybridized carbons (Fsp3) is 0.231. The maximum absolute atomic E-state index is 11.8. The molecule has 17 heavy (non-hydrogen) atoms. The van der Waals surface area contributed by atoms with Crippen LogP contribution in [-0.2, 0) is 4.18 Å². The van der Waals surface area contributed by atoms with Crippen LogP contribution in [-0.4, -0.2) is 18.1 Å². The van der Waals surface area contributed by atoms with Crippen LogP contribution in [0.3, 0.4) is 0 Å². The Kier molecular flexibility index (Phi) is 3.76. The number of carbonyl (C=O) groups is 1. The number of hydrogen-bond donors (Lipinski definition) is 1. The van der Waals surface area contributed by atoms with Crippen molar-refractivity contribution in [1.82, 2.24) is 0 Å². The van der Waals surface area contributed by atoms with Gasteiger partial charge in [0.05, 0.1) is 6.61 Å². The van der Waals surface area contributed by atoms with E-state index >= 15 is 0 Å². The van der Waals surface area contributed by atoms with Gasteiger partial charge in [0.15, 0.2) is 0 Å². The summed E-state index contributed by atoms with van der Waals surface area (Å²) in [4.78, 5) is 12.6. The third kappa shape index (κ3) is 2.48. The summed E-state index contributed by atoms with van der Waals surface area (Å²) in [5.74, 6) is -0.222. The number of hydrogen-bond acceptors (Lipinski definition) is 4. The lowest BCUT2D eigenvalue weighted by Gasteiger charge is -2.15. The quantitative estimate of drug-likeness (QED) is 0.656. The van der Waals surface area contributed by atoms with E-state index < -0.39 is 0 Å². The highest BCUT2D eigenvalue weighted by molar-refractivity contribution is 8.04. The van der Waals surface area contributed by atoms with Gasteiger partial charge in [0, 0.05) is 28.1 Å². The Hall–Kier alpha value is -1.39. The van der Waals surface area contributed by atoms with Crippen molar-refractivity contribution in [2.45, 2.75) is 13.3 Å². The van der Waals surface area contributed by atoms with Crippen LogP contribution in [0.5, 0.6) is 0 Å². The predicted octanol–water partition coefficient (Wildman–Crippen LogP) is 3.32. The summed E-state index contributed by atoms with van der Waals surface area (Å²) >= 11 is 1.24. The molecule has 0 aromatic heterocycles.